The summed E-state index contributed by atoms with van der Waals surface area (Å²) in [5, 5.41) is 13.9. The second-order valence-electron chi connectivity index (χ2n) is 5.37. The van der Waals surface area contributed by atoms with Crippen LogP contribution in [0.25, 0.3) is 0 Å². The molecule has 1 saturated heterocycles. The minimum absolute atomic E-state index is 0.154. The molecule has 0 aliphatic carbocycles. The Kier molecular flexibility index (Phi) is 6.44. The lowest BCUT2D eigenvalue weighted by Crippen LogP contribution is -2.46. The van der Waals surface area contributed by atoms with Gasteiger partial charge in [-0.3, -0.25) is 9.59 Å². The maximum Gasteiger partial charge on any atom is 0.326 e. The molecule has 7 nitrogen and oxygen atoms in total. The summed E-state index contributed by atoms with van der Waals surface area (Å²) in [6, 6.07) is -0.922. The summed E-state index contributed by atoms with van der Waals surface area (Å²) < 4.78 is 5.09. The van der Waals surface area contributed by atoms with Crippen LogP contribution < -0.4 is 10.6 Å². The first-order valence-electron chi connectivity index (χ1n) is 6.77. The summed E-state index contributed by atoms with van der Waals surface area (Å²) in [6.45, 7) is 4.48. The van der Waals surface area contributed by atoms with E-state index in [-0.39, 0.29) is 24.3 Å². The van der Waals surface area contributed by atoms with Gasteiger partial charge in [-0.1, -0.05) is 13.8 Å². The zero-order chi connectivity index (χ0) is 15.1. The van der Waals surface area contributed by atoms with Gasteiger partial charge in [0.05, 0.1) is 19.1 Å². The summed E-state index contributed by atoms with van der Waals surface area (Å²) in [5.41, 5.74) is 0. The molecule has 3 N–H and O–H groups in total. The van der Waals surface area contributed by atoms with Crippen molar-refractivity contribution >= 4 is 17.8 Å². The molecule has 2 atom stereocenters. The van der Waals surface area contributed by atoms with Crippen molar-refractivity contribution in [3.63, 3.8) is 0 Å². The van der Waals surface area contributed by atoms with E-state index in [0.29, 0.717) is 26.1 Å². The van der Waals surface area contributed by atoms with Gasteiger partial charge in [0.2, 0.25) is 11.8 Å². The molecule has 0 spiro atoms. The minimum atomic E-state index is -1.07. The monoisotopic (exact) mass is 286 g/mol. The molecule has 0 saturated carbocycles. The Hall–Kier alpha value is -1.63. The van der Waals surface area contributed by atoms with E-state index in [9.17, 15) is 14.4 Å². The van der Waals surface area contributed by atoms with Crippen molar-refractivity contribution in [2.75, 3.05) is 19.8 Å². The first-order chi connectivity index (χ1) is 9.40. The predicted octanol–water partition coefficient (Wildman–Crippen LogP) is -0.245. The van der Waals surface area contributed by atoms with E-state index in [2.05, 4.69) is 10.6 Å². The molecule has 0 aromatic rings. The Labute approximate surface area is 118 Å². The standard InChI is InChI=1S/C13H22N2O5/c1-8(2)5-10(13(18)19)15-11(16)6-14-12(17)9-3-4-20-7-9/h8-10H,3-7H2,1-2H3,(H,14,17)(H,15,16)(H,18,19)/t9?,10-/m0/s1. The molecule has 114 valence electrons. The number of amides is 2. The molecule has 1 heterocycles. The summed E-state index contributed by atoms with van der Waals surface area (Å²) in [4.78, 5) is 34.3. The van der Waals surface area contributed by atoms with Crippen molar-refractivity contribution in [3.05, 3.63) is 0 Å². The number of carboxylic acid groups (broad SMARTS) is 1. The smallest absolute Gasteiger partial charge is 0.326 e. The average Bonchev–Trinajstić information content (AvgIpc) is 2.88. The van der Waals surface area contributed by atoms with Crippen LogP contribution in [0.5, 0.6) is 0 Å². The highest BCUT2D eigenvalue weighted by Gasteiger charge is 2.25. The first-order valence-corrected chi connectivity index (χ1v) is 6.77. The van der Waals surface area contributed by atoms with Gasteiger partial charge in [-0.2, -0.15) is 0 Å². The van der Waals surface area contributed by atoms with Crippen molar-refractivity contribution in [2.45, 2.75) is 32.7 Å². The number of ether oxygens (including phenoxy) is 1. The Morgan fingerprint density at radius 1 is 1.35 bits per heavy atom. The summed E-state index contributed by atoms with van der Waals surface area (Å²) in [7, 11) is 0. The first kappa shape index (κ1) is 16.4. The molecular formula is C13H22N2O5. The zero-order valence-electron chi connectivity index (χ0n) is 11.8. The molecule has 1 aliphatic heterocycles. The van der Waals surface area contributed by atoms with E-state index in [1.54, 1.807) is 0 Å². The van der Waals surface area contributed by atoms with Gasteiger partial charge in [-0.25, -0.2) is 4.79 Å². The fourth-order valence-corrected chi connectivity index (χ4v) is 1.99. The van der Waals surface area contributed by atoms with Crippen LogP contribution in [0.4, 0.5) is 0 Å². The Morgan fingerprint density at radius 3 is 2.55 bits per heavy atom. The second-order valence-corrected chi connectivity index (χ2v) is 5.37. The van der Waals surface area contributed by atoms with Crippen molar-refractivity contribution in [1.82, 2.24) is 10.6 Å². The molecular weight excluding hydrogens is 264 g/mol. The van der Waals surface area contributed by atoms with Crippen molar-refractivity contribution in [1.29, 1.82) is 0 Å². The molecule has 20 heavy (non-hydrogen) atoms. The van der Waals surface area contributed by atoms with Gasteiger partial charge in [0.15, 0.2) is 0 Å². The van der Waals surface area contributed by atoms with E-state index in [1.165, 1.54) is 0 Å². The third-order valence-corrected chi connectivity index (χ3v) is 3.06. The molecule has 1 rings (SSSR count). The van der Waals surface area contributed by atoms with Gasteiger partial charge in [0, 0.05) is 6.61 Å². The van der Waals surface area contributed by atoms with Gasteiger partial charge in [-0.15, -0.1) is 0 Å². The highest BCUT2D eigenvalue weighted by molar-refractivity contribution is 5.88. The number of nitrogens with one attached hydrogen (secondary N) is 2. The van der Waals surface area contributed by atoms with Crippen LogP contribution in [0.2, 0.25) is 0 Å². The predicted molar refractivity (Wildman–Crippen MR) is 71.0 cm³/mol. The quantitative estimate of drug-likeness (QED) is 0.599. The van der Waals surface area contributed by atoms with Crippen LogP contribution in [0.1, 0.15) is 26.7 Å². The number of rotatable bonds is 7. The van der Waals surface area contributed by atoms with Crippen molar-refractivity contribution in [3.8, 4) is 0 Å². The lowest BCUT2D eigenvalue weighted by Gasteiger charge is -2.17. The van der Waals surface area contributed by atoms with Gasteiger partial charge in [-0.05, 0) is 18.8 Å². The average molecular weight is 286 g/mol. The third kappa shape index (κ3) is 5.56. The maximum absolute atomic E-state index is 11.7. The van der Waals surface area contributed by atoms with Crippen LogP contribution in [-0.2, 0) is 19.1 Å². The Morgan fingerprint density at radius 2 is 2.05 bits per heavy atom. The molecule has 1 unspecified atom stereocenters. The molecule has 2 amide bonds. The second kappa shape index (κ2) is 7.84. The van der Waals surface area contributed by atoms with Crippen LogP contribution in [0.15, 0.2) is 0 Å². The van der Waals surface area contributed by atoms with Crippen molar-refractivity contribution in [2.24, 2.45) is 11.8 Å². The normalized spacial score (nSPS) is 19.6. The van der Waals surface area contributed by atoms with Gasteiger partial charge in [0.25, 0.3) is 0 Å². The number of hydrogen-bond donors (Lipinski definition) is 3. The fourth-order valence-electron chi connectivity index (χ4n) is 1.99. The third-order valence-electron chi connectivity index (χ3n) is 3.06. The van der Waals surface area contributed by atoms with Gasteiger partial charge >= 0.3 is 5.97 Å². The van der Waals surface area contributed by atoms with E-state index in [1.807, 2.05) is 13.8 Å². The van der Waals surface area contributed by atoms with E-state index in [0.717, 1.165) is 0 Å². The van der Waals surface area contributed by atoms with Crippen LogP contribution in [0, 0.1) is 11.8 Å². The number of aliphatic carboxylic acids is 1. The van der Waals surface area contributed by atoms with Crippen LogP contribution in [-0.4, -0.2) is 48.7 Å². The van der Waals surface area contributed by atoms with Gasteiger partial charge in [0.1, 0.15) is 6.04 Å². The number of carbonyl (C=O) groups is 3. The minimum Gasteiger partial charge on any atom is -0.480 e. The number of carbonyl (C=O) groups excluding carboxylic acids is 2. The van der Waals surface area contributed by atoms with E-state index in [4.69, 9.17) is 9.84 Å². The highest BCUT2D eigenvalue weighted by atomic mass is 16.5. The summed E-state index contributed by atoms with van der Waals surface area (Å²) in [6.07, 6.45) is 1.00. The molecule has 0 aromatic heterocycles. The van der Waals surface area contributed by atoms with Crippen molar-refractivity contribution < 1.29 is 24.2 Å². The lowest BCUT2D eigenvalue weighted by atomic mass is 10.0. The summed E-state index contributed by atoms with van der Waals surface area (Å²) >= 11 is 0. The number of carboxylic acids is 1. The molecule has 0 bridgehead atoms. The molecule has 1 aliphatic rings. The maximum atomic E-state index is 11.7. The van der Waals surface area contributed by atoms with E-state index < -0.39 is 17.9 Å². The molecule has 0 radical (unpaired) electrons. The summed E-state index contributed by atoms with van der Waals surface area (Å²) in [5.74, 6) is -1.85. The van der Waals surface area contributed by atoms with E-state index >= 15 is 0 Å². The largest absolute Gasteiger partial charge is 0.480 e. The number of hydrogen-bond acceptors (Lipinski definition) is 4. The SMILES string of the molecule is CC(C)C[C@H](NC(=O)CNC(=O)C1CCOC1)C(=O)O. The lowest BCUT2D eigenvalue weighted by molar-refractivity contribution is -0.142. The fraction of sp³-hybridized carbons (Fsp3) is 0.769. The van der Waals surface area contributed by atoms with Crippen LogP contribution in [0.3, 0.4) is 0 Å². The Balaban J connectivity index is 2.33. The van der Waals surface area contributed by atoms with Gasteiger partial charge < -0.3 is 20.5 Å². The highest BCUT2D eigenvalue weighted by Crippen LogP contribution is 2.11. The Bertz CT molecular complexity index is 364. The topological polar surface area (TPSA) is 105 Å². The molecule has 0 aromatic carbocycles. The van der Waals surface area contributed by atoms with Crippen LogP contribution >= 0.6 is 0 Å². The molecule has 1 fully saturated rings. The zero-order valence-corrected chi connectivity index (χ0v) is 11.8. The molecule has 7 heteroatoms.